The largest absolute Gasteiger partial charge is 1.00 e. The van der Waals surface area contributed by atoms with Crippen LogP contribution in [0.1, 0.15) is 0 Å². The average Bonchev–Trinajstić information content (AvgIpc) is 2.14. The van der Waals surface area contributed by atoms with Gasteiger partial charge < -0.3 is 11.8 Å². The van der Waals surface area contributed by atoms with E-state index in [2.05, 4.69) is 10.3 Å². The first kappa shape index (κ1) is 37.5. The fourth-order valence-electron chi connectivity index (χ4n) is 0.301. The van der Waals surface area contributed by atoms with E-state index in [0.717, 1.165) is 0 Å². The molecule has 3 nitrogen and oxygen atoms in total. The van der Waals surface area contributed by atoms with E-state index in [-0.39, 0.29) is 303 Å². The fourth-order valence-corrected chi connectivity index (χ4v) is 0.301. The van der Waals surface area contributed by atoms with Crippen LogP contribution < -0.4 is 296 Å². The molecule has 0 saturated carbocycles. The van der Waals surface area contributed by atoms with Gasteiger partial charge in [0.15, 0.2) is 0 Å². The maximum Gasteiger partial charge on any atom is 1.00 e. The van der Waals surface area contributed by atoms with E-state index in [9.17, 15) is 4.39 Å². The van der Waals surface area contributed by atoms with Gasteiger partial charge in [-0.3, -0.25) is 5.01 Å². The van der Waals surface area contributed by atoms with Gasteiger partial charge in [-0.1, -0.05) is 0 Å². The summed E-state index contributed by atoms with van der Waals surface area (Å²) in [7, 11) is 0. The molecular formula is C4H7FN3Rb5+4. The molecule has 1 unspecified atom stereocenters. The van der Waals surface area contributed by atoms with Gasteiger partial charge in [-0.2, -0.15) is 0 Å². The van der Waals surface area contributed by atoms with Crippen LogP contribution in [-0.2, 0) is 0 Å². The van der Waals surface area contributed by atoms with Crippen molar-refractivity contribution in [2.75, 3.05) is 0 Å². The molecule has 0 amide bonds. The third kappa shape index (κ3) is 22.7. The molecule has 0 fully saturated rings. The van der Waals surface area contributed by atoms with Gasteiger partial charge in [0.25, 0.3) is 0 Å². The Hall–Kier alpha value is 8.26. The standard InChI is InChI=1S/C3H4FN3.CH3.5Rb/c4-3-7-2-1-5-6-7;;;;;;/h1-3,7H;1H3;;;;;/q;-1;5*+1. The summed E-state index contributed by atoms with van der Waals surface area (Å²) in [6.45, 7) is 0.410. The predicted octanol–water partition coefficient (Wildman–Crippen LogP) is -14.7. The molecule has 0 radical (unpaired) electrons. The molecule has 1 atom stereocenters. The van der Waals surface area contributed by atoms with Crippen LogP contribution in [0, 0.1) is 14.2 Å². The Labute approximate surface area is 324 Å². The summed E-state index contributed by atoms with van der Waals surface area (Å²) in [5, 5.41) is 7.00. The van der Waals surface area contributed by atoms with Crippen molar-refractivity contribution in [1.82, 2.24) is 0 Å². The van der Waals surface area contributed by atoms with Crippen molar-refractivity contribution in [3.63, 3.8) is 0 Å². The minimum atomic E-state index is 0. The van der Waals surface area contributed by atoms with Gasteiger partial charge in [0.2, 0.25) is 0 Å². The van der Waals surface area contributed by atoms with Crippen molar-refractivity contribution in [3.05, 3.63) is 26.6 Å². The second-order valence-corrected chi connectivity index (χ2v) is 1.07. The molecule has 0 aromatic rings. The van der Waals surface area contributed by atoms with Gasteiger partial charge in [0.05, 0.1) is 6.80 Å². The fraction of sp³-hybridized carbons (Fsp3) is 0. The number of nitrogens with one attached hydrogen (secondary N) is 1. The Morgan fingerprint density at radius 2 is 1.54 bits per heavy atom. The zero-order chi connectivity index (χ0) is 5.11. The Morgan fingerprint density at radius 3 is 1.69 bits per heavy atom. The van der Waals surface area contributed by atoms with Crippen LogP contribution >= 0.6 is 0 Å². The quantitative estimate of drug-likeness (QED) is 0.252. The number of hydrogen-bond acceptors (Lipinski definition) is 2. The Bertz CT molecular complexity index is 110. The smallest absolute Gasteiger partial charge is 0.390 e. The van der Waals surface area contributed by atoms with Crippen molar-refractivity contribution in [1.29, 1.82) is 0 Å². The summed E-state index contributed by atoms with van der Waals surface area (Å²) in [5.74, 6) is 0. The summed E-state index contributed by atoms with van der Waals surface area (Å²) in [4.78, 5) is 0. The summed E-state index contributed by atoms with van der Waals surface area (Å²) < 4.78 is 11.3. The predicted molar refractivity (Wildman–Crippen MR) is 26.8 cm³/mol. The first-order valence-corrected chi connectivity index (χ1v) is 1.81. The SMILES string of the molecule is F[CH-][NH+]1C=CN=N1.[CH3-].[Rb+].[Rb+].[Rb+].[Rb+].[Rb+]. The zero-order valence-corrected chi connectivity index (χ0v) is 34.1. The Morgan fingerprint density at radius 1 is 1.08 bits per heavy atom. The molecule has 1 rings (SSSR count). The molecule has 9 heteroatoms. The molecule has 1 aliphatic rings. The molecule has 13 heavy (non-hydrogen) atoms. The maximum absolute atomic E-state index is 11.3. The van der Waals surface area contributed by atoms with Gasteiger partial charge in [-0.15, -0.1) is 5.11 Å². The Kier molecular flexibility index (Phi) is 81.9. The third-order valence-corrected chi connectivity index (χ3v) is 0.597. The second-order valence-electron chi connectivity index (χ2n) is 1.07. The maximum atomic E-state index is 11.3. The molecule has 0 saturated heterocycles. The summed E-state index contributed by atoms with van der Waals surface area (Å²) in [6, 6.07) is 0. The Balaban J connectivity index is -0.0000000204. The molecule has 1 N–H and O–H groups in total. The van der Waals surface area contributed by atoms with Crippen molar-refractivity contribution >= 4 is 0 Å². The van der Waals surface area contributed by atoms with Crippen molar-refractivity contribution in [2.24, 2.45) is 10.3 Å². The van der Waals surface area contributed by atoms with Gasteiger partial charge in [-0.05, 0) is 0 Å². The van der Waals surface area contributed by atoms with E-state index in [1.807, 2.05) is 0 Å². The number of hydrogen-bond donors (Lipinski definition) is 1. The van der Waals surface area contributed by atoms with E-state index in [1.165, 1.54) is 12.4 Å². The van der Waals surface area contributed by atoms with Crippen molar-refractivity contribution in [2.45, 2.75) is 0 Å². The molecule has 0 aromatic heterocycles. The minimum absolute atomic E-state index is 0. The third-order valence-electron chi connectivity index (χ3n) is 0.597. The van der Waals surface area contributed by atoms with Crippen molar-refractivity contribution < 1.29 is 300 Å². The normalized spacial score (nSPS) is 14.4. The molecular weight excluding hydrogens is 536 g/mol. The summed E-state index contributed by atoms with van der Waals surface area (Å²) >= 11 is 0. The van der Waals surface area contributed by atoms with Crippen LogP contribution in [0.4, 0.5) is 4.39 Å². The summed E-state index contributed by atoms with van der Waals surface area (Å²) in [5.41, 5.74) is 0. The van der Waals surface area contributed by atoms with Crippen LogP contribution in [0.15, 0.2) is 22.7 Å². The van der Waals surface area contributed by atoms with Crippen LogP contribution in [-0.4, -0.2) is 0 Å². The van der Waals surface area contributed by atoms with Gasteiger partial charge in [0, 0.05) is 5.22 Å². The first-order chi connectivity index (χ1) is 3.43. The topological polar surface area (TPSA) is 29.2 Å². The van der Waals surface area contributed by atoms with Crippen LogP contribution in [0.5, 0.6) is 0 Å². The van der Waals surface area contributed by atoms with Crippen LogP contribution in [0.2, 0.25) is 0 Å². The minimum Gasteiger partial charge on any atom is -0.390 e. The molecule has 1 heterocycles. The monoisotopic (exact) mass is 541 g/mol. The van der Waals surface area contributed by atoms with Crippen LogP contribution in [0.25, 0.3) is 0 Å². The van der Waals surface area contributed by atoms with Crippen LogP contribution in [0.3, 0.4) is 0 Å². The van der Waals surface area contributed by atoms with Gasteiger partial charge in [0.1, 0.15) is 12.4 Å². The molecule has 0 aliphatic carbocycles. The van der Waals surface area contributed by atoms with Crippen molar-refractivity contribution in [3.8, 4) is 0 Å². The number of nitrogens with zero attached hydrogens (tertiary/aromatic N) is 2. The van der Waals surface area contributed by atoms with E-state index in [1.54, 1.807) is 0 Å². The number of halogens is 1. The molecule has 0 spiro atoms. The molecule has 1 aliphatic heterocycles. The zero-order valence-electron chi connectivity index (χ0n) is 9.50. The molecule has 0 aromatic carbocycles. The van der Waals surface area contributed by atoms with E-state index in [4.69, 9.17) is 0 Å². The number of quaternary nitrogens is 1. The van der Waals surface area contributed by atoms with E-state index >= 15 is 0 Å². The first-order valence-electron chi connectivity index (χ1n) is 1.81. The van der Waals surface area contributed by atoms with Gasteiger partial charge >= 0.3 is 291 Å². The van der Waals surface area contributed by atoms with E-state index in [0.29, 0.717) is 6.80 Å². The average molecular weight is 543 g/mol. The summed E-state index contributed by atoms with van der Waals surface area (Å²) in [6.07, 6.45) is 2.92. The van der Waals surface area contributed by atoms with E-state index < -0.39 is 0 Å². The molecule has 46 valence electrons. The van der Waals surface area contributed by atoms with Gasteiger partial charge in [-0.25, -0.2) is 0 Å². The second kappa shape index (κ2) is 28.4. The molecule has 0 bridgehead atoms. The number of rotatable bonds is 1.